The number of H-pyrrole nitrogens is 1. The Labute approximate surface area is 191 Å². The first-order chi connectivity index (χ1) is 15.6. The molecule has 33 heavy (non-hydrogen) atoms. The van der Waals surface area contributed by atoms with Gasteiger partial charge in [0.25, 0.3) is 5.56 Å². The van der Waals surface area contributed by atoms with Gasteiger partial charge < -0.3 is 4.74 Å². The summed E-state index contributed by atoms with van der Waals surface area (Å²) in [6, 6.07) is 7.13. The van der Waals surface area contributed by atoms with Crippen molar-refractivity contribution in [2.75, 3.05) is 0 Å². The van der Waals surface area contributed by atoms with Crippen molar-refractivity contribution < 1.29 is 14.3 Å². The lowest BCUT2D eigenvalue weighted by Gasteiger charge is -2.19. The van der Waals surface area contributed by atoms with Gasteiger partial charge in [-0.2, -0.15) is 0 Å². The standard InChI is InChI=1S/C25H27N3O5/c1-14(2)21-22(23(30)19-9-15(3)8-16(4)10-19)28(25(32)27-24(21)31)12-18-6-7-26-11-20(18)13-33-17(5)29/h6-11,14H,12-13H2,1-5H3,(H,27,31,32). The smallest absolute Gasteiger partial charge is 0.329 e. The highest BCUT2D eigenvalue weighted by Gasteiger charge is 2.25. The molecule has 0 aliphatic heterocycles. The normalized spacial score (nSPS) is 11.0. The molecule has 3 rings (SSSR count). The number of nitrogens with zero attached hydrogens (tertiary/aromatic N) is 2. The Kier molecular flexibility index (Phi) is 7.06. The van der Waals surface area contributed by atoms with E-state index >= 15 is 0 Å². The van der Waals surface area contributed by atoms with Crippen LogP contribution in [0.15, 0.2) is 46.2 Å². The van der Waals surface area contributed by atoms with Gasteiger partial charge in [-0.3, -0.25) is 28.9 Å². The summed E-state index contributed by atoms with van der Waals surface area (Å²) in [5, 5.41) is 0. The highest BCUT2D eigenvalue weighted by molar-refractivity contribution is 6.09. The number of rotatable bonds is 7. The number of ketones is 1. The van der Waals surface area contributed by atoms with Gasteiger partial charge in [0.2, 0.25) is 5.78 Å². The molecule has 2 heterocycles. The van der Waals surface area contributed by atoms with Gasteiger partial charge in [0.15, 0.2) is 0 Å². The molecule has 0 aliphatic rings. The number of aryl methyl sites for hydroxylation is 2. The minimum atomic E-state index is -0.688. The predicted octanol–water partition coefficient (Wildman–Crippen LogP) is 3.01. The number of hydrogen-bond donors (Lipinski definition) is 1. The van der Waals surface area contributed by atoms with Crippen LogP contribution in [0.2, 0.25) is 0 Å². The lowest BCUT2D eigenvalue weighted by atomic mass is 9.95. The van der Waals surface area contributed by atoms with Gasteiger partial charge in [0.05, 0.1) is 6.54 Å². The van der Waals surface area contributed by atoms with E-state index < -0.39 is 23.0 Å². The van der Waals surface area contributed by atoms with E-state index in [9.17, 15) is 19.2 Å². The van der Waals surface area contributed by atoms with Crippen LogP contribution in [0.25, 0.3) is 0 Å². The summed E-state index contributed by atoms with van der Waals surface area (Å²) in [5.74, 6) is -1.15. The van der Waals surface area contributed by atoms with Crippen LogP contribution >= 0.6 is 0 Å². The second kappa shape index (κ2) is 9.77. The van der Waals surface area contributed by atoms with Gasteiger partial charge >= 0.3 is 11.7 Å². The van der Waals surface area contributed by atoms with Crippen LogP contribution in [0.5, 0.6) is 0 Å². The molecule has 0 aliphatic carbocycles. The fourth-order valence-corrected chi connectivity index (χ4v) is 3.85. The third-order valence-corrected chi connectivity index (χ3v) is 5.28. The average Bonchev–Trinajstić information content (AvgIpc) is 2.73. The summed E-state index contributed by atoms with van der Waals surface area (Å²) >= 11 is 0. The second-order valence-corrected chi connectivity index (χ2v) is 8.39. The van der Waals surface area contributed by atoms with Crippen molar-refractivity contribution in [1.82, 2.24) is 14.5 Å². The first-order valence-electron chi connectivity index (χ1n) is 10.6. The Morgan fingerprint density at radius 2 is 1.76 bits per heavy atom. The minimum absolute atomic E-state index is 0.000320. The summed E-state index contributed by atoms with van der Waals surface area (Å²) in [7, 11) is 0. The number of pyridine rings is 1. The monoisotopic (exact) mass is 449 g/mol. The van der Waals surface area contributed by atoms with E-state index in [0.717, 1.165) is 11.1 Å². The maximum absolute atomic E-state index is 13.7. The third kappa shape index (κ3) is 5.34. The number of aromatic nitrogens is 3. The highest BCUT2D eigenvalue weighted by Crippen LogP contribution is 2.21. The quantitative estimate of drug-likeness (QED) is 0.438. The van der Waals surface area contributed by atoms with Gasteiger partial charge in [-0.05, 0) is 43.5 Å². The lowest BCUT2D eigenvalue weighted by molar-refractivity contribution is -0.142. The molecule has 8 nitrogen and oxygen atoms in total. The van der Waals surface area contributed by atoms with Crippen LogP contribution in [-0.2, 0) is 22.7 Å². The largest absolute Gasteiger partial charge is 0.461 e. The first-order valence-corrected chi connectivity index (χ1v) is 10.6. The molecule has 2 aromatic heterocycles. The maximum Gasteiger partial charge on any atom is 0.329 e. The van der Waals surface area contributed by atoms with Gasteiger partial charge in [0, 0.05) is 36.0 Å². The van der Waals surface area contributed by atoms with Crippen molar-refractivity contribution >= 4 is 11.8 Å². The number of esters is 1. The van der Waals surface area contributed by atoms with Crippen LogP contribution in [0, 0.1) is 13.8 Å². The zero-order chi connectivity index (χ0) is 24.3. The number of nitrogens with one attached hydrogen (secondary N) is 1. The average molecular weight is 450 g/mol. The molecule has 0 unspecified atom stereocenters. The SMILES string of the molecule is CC(=O)OCc1cnccc1Cn1c(C(=O)c2cc(C)cc(C)c2)c(C(C)C)c(=O)[nH]c1=O. The zero-order valence-corrected chi connectivity index (χ0v) is 19.4. The summed E-state index contributed by atoms with van der Waals surface area (Å²) < 4.78 is 6.38. The Hall–Kier alpha value is -3.81. The Morgan fingerprint density at radius 1 is 1.09 bits per heavy atom. The molecule has 1 aromatic carbocycles. The molecule has 8 heteroatoms. The molecule has 1 N–H and O–H groups in total. The van der Waals surface area contributed by atoms with Gasteiger partial charge in [0.1, 0.15) is 12.3 Å². The van der Waals surface area contributed by atoms with Crippen LogP contribution in [0.3, 0.4) is 0 Å². The lowest BCUT2D eigenvalue weighted by Crippen LogP contribution is -2.38. The molecule has 0 atom stereocenters. The molecule has 0 saturated carbocycles. The number of ether oxygens (including phenoxy) is 1. The molecular formula is C25H27N3O5. The summed E-state index contributed by atoms with van der Waals surface area (Å²) in [4.78, 5) is 57.1. The summed E-state index contributed by atoms with van der Waals surface area (Å²) in [6.07, 6.45) is 3.10. The Balaban J connectivity index is 2.22. The molecule has 0 saturated heterocycles. The number of carbonyl (C=O) groups excluding carboxylic acids is 2. The second-order valence-electron chi connectivity index (χ2n) is 8.39. The number of benzene rings is 1. The number of hydrogen-bond acceptors (Lipinski definition) is 6. The Bertz CT molecular complexity index is 1310. The Morgan fingerprint density at radius 3 is 2.36 bits per heavy atom. The van der Waals surface area contributed by atoms with Crippen LogP contribution < -0.4 is 11.2 Å². The topological polar surface area (TPSA) is 111 Å². The van der Waals surface area contributed by atoms with Crippen molar-refractivity contribution in [1.29, 1.82) is 0 Å². The van der Waals surface area contributed by atoms with E-state index in [0.29, 0.717) is 16.7 Å². The number of carbonyl (C=O) groups is 2. The summed E-state index contributed by atoms with van der Waals surface area (Å²) in [5.41, 5.74) is 2.49. The number of aromatic amines is 1. The van der Waals surface area contributed by atoms with Crippen LogP contribution in [0.4, 0.5) is 0 Å². The van der Waals surface area contributed by atoms with Crippen LogP contribution in [-0.4, -0.2) is 26.3 Å². The van der Waals surface area contributed by atoms with Crippen molar-refractivity contribution in [3.05, 3.63) is 96.6 Å². The van der Waals surface area contributed by atoms with Crippen molar-refractivity contribution in [2.45, 2.75) is 53.7 Å². The van der Waals surface area contributed by atoms with Gasteiger partial charge in [-0.1, -0.05) is 31.0 Å². The van der Waals surface area contributed by atoms with E-state index in [2.05, 4.69) is 9.97 Å². The first kappa shape index (κ1) is 23.8. The fraction of sp³-hybridized carbons (Fsp3) is 0.320. The highest BCUT2D eigenvalue weighted by atomic mass is 16.5. The third-order valence-electron chi connectivity index (χ3n) is 5.28. The van der Waals surface area contributed by atoms with E-state index in [1.165, 1.54) is 11.5 Å². The van der Waals surface area contributed by atoms with E-state index in [1.807, 2.05) is 19.9 Å². The minimum Gasteiger partial charge on any atom is -0.461 e. The van der Waals surface area contributed by atoms with E-state index in [4.69, 9.17) is 4.74 Å². The van der Waals surface area contributed by atoms with Gasteiger partial charge in [-0.25, -0.2) is 4.79 Å². The maximum atomic E-state index is 13.7. The van der Waals surface area contributed by atoms with E-state index in [1.54, 1.807) is 44.4 Å². The molecule has 0 radical (unpaired) electrons. The molecular weight excluding hydrogens is 422 g/mol. The van der Waals surface area contributed by atoms with Gasteiger partial charge in [-0.15, -0.1) is 0 Å². The van der Waals surface area contributed by atoms with E-state index in [-0.39, 0.29) is 30.3 Å². The zero-order valence-electron chi connectivity index (χ0n) is 19.4. The summed E-state index contributed by atoms with van der Waals surface area (Å²) in [6.45, 7) is 8.66. The van der Waals surface area contributed by atoms with Crippen molar-refractivity contribution in [2.24, 2.45) is 0 Å². The molecule has 0 spiro atoms. The molecule has 3 aromatic rings. The molecule has 0 fully saturated rings. The van der Waals surface area contributed by atoms with Crippen molar-refractivity contribution in [3.63, 3.8) is 0 Å². The molecule has 172 valence electrons. The fourth-order valence-electron chi connectivity index (χ4n) is 3.85. The molecule has 0 bridgehead atoms. The predicted molar refractivity (Wildman–Crippen MR) is 124 cm³/mol. The van der Waals surface area contributed by atoms with Crippen molar-refractivity contribution in [3.8, 4) is 0 Å². The molecule has 0 amide bonds. The van der Waals surface area contributed by atoms with Crippen LogP contribution in [0.1, 0.15) is 70.6 Å².